The number of aliphatic hydroxyl groups is 2. The molecule has 0 fully saturated rings. The third-order valence-electron chi connectivity index (χ3n) is 5.59. The third-order valence-corrected chi connectivity index (χ3v) is 5.59. The maximum atomic E-state index is 12.4. The second kappa shape index (κ2) is 8.29. The molecule has 2 N–H and O–H groups in total. The van der Waals surface area contributed by atoms with Crippen molar-refractivity contribution in [2.45, 2.75) is 11.0 Å². The third kappa shape index (κ3) is 3.06. The number of benzene rings is 4. The lowest BCUT2D eigenvalue weighted by Gasteiger charge is -2.46. The Morgan fingerprint density at radius 2 is 0.767 bits per heavy atom. The quantitative estimate of drug-likeness (QED) is 0.361. The summed E-state index contributed by atoms with van der Waals surface area (Å²) in [5.41, 5.74) is 0.383. The predicted octanol–water partition coefficient (Wildman–Crippen LogP) is 5.24. The van der Waals surface area contributed by atoms with Crippen LogP contribution in [-0.4, -0.2) is 10.2 Å². The van der Waals surface area contributed by atoms with Crippen molar-refractivity contribution in [3.05, 3.63) is 144 Å². The van der Waals surface area contributed by atoms with E-state index in [9.17, 15) is 10.2 Å². The van der Waals surface area contributed by atoms with Crippen LogP contribution in [0.5, 0.6) is 0 Å². The molecule has 2 heteroatoms. The van der Waals surface area contributed by atoms with Gasteiger partial charge in [0, 0.05) is 0 Å². The summed E-state index contributed by atoms with van der Waals surface area (Å²) in [5, 5.41) is 22.2. The molecule has 4 aromatic rings. The Labute approximate surface area is 177 Å². The van der Waals surface area contributed by atoms with Gasteiger partial charge < -0.3 is 10.2 Å². The molecule has 4 rings (SSSR count). The standard InChI is InChI=1S/C28H22O2/c29-22-21-27(30,23-13-5-1-6-14-23)28(24-15-7-2-8-16-24,25-17-9-3-10-18-25)26-19-11-4-12-20-26/h1-20,29-30H. The minimum absolute atomic E-state index is 0.600. The summed E-state index contributed by atoms with van der Waals surface area (Å²) in [4.78, 5) is 0. The Balaban J connectivity index is 2.21. The van der Waals surface area contributed by atoms with Crippen molar-refractivity contribution >= 4 is 0 Å². The van der Waals surface area contributed by atoms with Crippen molar-refractivity contribution in [1.29, 1.82) is 0 Å². The minimum atomic E-state index is -1.74. The van der Waals surface area contributed by atoms with Crippen molar-refractivity contribution in [3.63, 3.8) is 0 Å². The highest BCUT2D eigenvalue weighted by molar-refractivity contribution is 5.59. The van der Waals surface area contributed by atoms with E-state index >= 15 is 0 Å². The molecule has 0 saturated carbocycles. The average molecular weight is 390 g/mol. The van der Waals surface area contributed by atoms with Crippen LogP contribution in [0, 0.1) is 12.0 Å². The summed E-state index contributed by atoms with van der Waals surface area (Å²) in [6, 6.07) is 38.8. The van der Waals surface area contributed by atoms with Crippen molar-refractivity contribution in [2.24, 2.45) is 0 Å². The molecule has 0 aliphatic carbocycles. The smallest absolute Gasteiger partial charge is 0.172 e. The first-order chi connectivity index (χ1) is 14.7. The lowest BCUT2D eigenvalue weighted by molar-refractivity contribution is 0.0458. The Kier molecular flexibility index (Phi) is 5.39. The fourth-order valence-electron chi connectivity index (χ4n) is 4.33. The van der Waals surface area contributed by atoms with Gasteiger partial charge >= 0.3 is 0 Å². The van der Waals surface area contributed by atoms with Crippen LogP contribution in [-0.2, 0) is 11.0 Å². The van der Waals surface area contributed by atoms with Gasteiger partial charge in [0.25, 0.3) is 0 Å². The lowest BCUT2D eigenvalue weighted by Crippen LogP contribution is -2.50. The highest BCUT2D eigenvalue weighted by Gasteiger charge is 2.54. The van der Waals surface area contributed by atoms with Crippen LogP contribution in [0.2, 0.25) is 0 Å². The Bertz CT molecular complexity index is 1050. The number of aliphatic hydroxyl groups excluding tert-OH is 1. The summed E-state index contributed by atoms with van der Waals surface area (Å²) in [6.45, 7) is 0. The summed E-state index contributed by atoms with van der Waals surface area (Å²) in [5.74, 6) is 2.77. The molecule has 0 heterocycles. The fourth-order valence-corrected chi connectivity index (χ4v) is 4.33. The van der Waals surface area contributed by atoms with Crippen LogP contribution in [0.25, 0.3) is 0 Å². The van der Waals surface area contributed by atoms with E-state index in [1.165, 1.54) is 0 Å². The van der Waals surface area contributed by atoms with E-state index in [4.69, 9.17) is 0 Å². The molecular formula is C28H22O2. The van der Waals surface area contributed by atoms with Crippen molar-refractivity contribution in [2.75, 3.05) is 0 Å². The zero-order valence-electron chi connectivity index (χ0n) is 16.4. The second-order valence-corrected chi connectivity index (χ2v) is 7.16. The topological polar surface area (TPSA) is 40.5 Å². The van der Waals surface area contributed by atoms with E-state index in [2.05, 4.69) is 5.92 Å². The van der Waals surface area contributed by atoms with Crippen molar-refractivity contribution in [1.82, 2.24) is 0 Å². The molecule has 4 aromatic carbocycles. The SMILES string of the molecule is OC#CC(O)(c1ccccc1)C(c1ccccc1)(c1ccccc1)c1ccccc1. The van der Waals surface area contributed by atoms with Crippen LogP contribution in [0.15, 0.2) is 121 Å². The molecule has 30 heavy (non-hydrogen) atoms. The average Bonchev–Trinajstić information content (AvgIpc) is 2.82. The van der Waals surface area contributed by atoms with Gasteiger partial charge in [0.05, 0.1) is 5.41 Å². The van der Waals surface area contributed by atoms with Gasteiger partial charge in [-0.1, -0.05) is 121 Å². The van der Waals surface area contributed by atoms with Gasteiger partial charge in [-0.2, -0.15) is 0 Å². The fraction of sp³-hybridized carbons (Fsp3) is 0.0714. The summed E-state index contributed by atoms with van der Waals surface area (Å²) in [7, 11) is 0. The van der Waals surface area contributed by atoms with Crippen LogP contribution in [0.1, 0.15) is 22.3 Å². The maximum absolute atomic E-state index is 12.4. The van der Waals surface area contributed by atoms with E-state index in [1.54, 1.807) is 0 Å². The molecule has 0 aliphatic rings. The van der Waals surface area contributed by atoms with Gasteiger partial charge in [-0.05, 0) is 28.2 Å². The van der Waals surface area contributed by atoms with Gasteiger partial charge in [-0.3, -0.25) is 0 Å². The van der Waals surface area contributed by atoms with Crippen LogP contribution >= 0.6 is 0 Å². The van der Waals surface area contributed by atoms with E-state index < -0.39 is 11.0 Å². The first kappa shape index (κ1) is 19.5. The van der Waals surface area contributed by atoms with Gasteiger partial charge in [-0.25, -0.2) is 0 Å². The Morgan fingerprint density at radius 3 is 1.07 bits per heavy atom. The summed E-state index contributed by atoms with van der Waals surface area (Å²) >= 11 is 0. The van der Waals surface area contributed by atoms with Gasteiger partial charge in [0.15, 0.2) is 5.60 Å². The van der Waals surface area contributed by atoms with Crippen molar-refractivity contribution in [3.8, 4) is 12.0 Å². The number of rotatable bonds is 5. The zero-order valence-corrected chi connectivity index (χ0v) is 16.4. The molecule has 0 spiro atoms. The van der Waals surface area contributed by atoms with Crippen LogP contribution < -0.4 is 0 Å². The molecule has 0 radical (unpaired) electrons. The monoisotopic (exact) mass is 390 g/mol. The minimum Gasteiger partial charge on any atom is -0.462 e. The van der Waals surface area contributed by atoms with E-state index in [-0.39, 0.29) is 0 Å². The van der Waals surface area contributed by atoms with Crippen molar-refractivity contribution < 1.29 is 10.2 Å². The molecular weight excluding hydrogens is 368 g/mol. The molecule has 1 unspecified atom stereocenters. The second-order valence-electron chi connectivity index (χ2n) is 7.16. The first-order valence-corrected chi connectivity index (χ1v) is 9.84. The number of hydrogen-bond acceptors (Lipinski definition) is 2. The van der Waals surface area contributed by atoms with E-state index in [0.29, 0.717) is 5.56 Å². The normalized spacial score (nSPS) is 13.0. The number of hydrogen-bond donors (Lipinski definition) is 2. The highest BCUT2D eigenvalue weighted by atomic mass is 16.3. The summed E-state index contributed by atoms with van der Waals surface area (Å²) < 4.78 is 0. The van der Waals surface area contributed by atoms with Gasteiger partial charge in [-0.15, -0.1) is 0 Å². The summed E-state index contributed by atoms with van der Waals surface area (Å²) in [6.07, 6.45) is 2.02. The zero-order chi connectivity index (χ0) is 20.9. The van der Waals surface area contributed by atoms with Crippen LogP contribution in [0.4, 0.5) is 0 Å². The molecule has 0 aliphatic heterocycles. The van der Waals surface area contributed by atoms with Gasteiger partial charge in [0.2, 0.25) is 0 Å². The molecule has 0 aromatic heterocycles. The molecule has 146 valence electrons. The molecule has 1 atom stereocenters. The molecule has 0 amide bonds. The molecule has 0 saturated heterocycles. The lowest BCUT2D eigenvalue weighted by atomic mass is 9.57. The molecule has 2 nitrogen and oxygen atoms in total. The van der Waals surface area contributed by atoms with Gasteiger partial charge in [0.1, 0.15) is 6.11 Å². The highest BCUT2D eigenvalue weighted by Crippen LogP contribution is 2.51. The van der Waals surface area contributed by atoms with Crippen LogP contribution in [0.3, 0.4) is 0 Å². The van der Waals surface area contributed by atoms with E-state index in [0.717, 1.165) is 16.7 Å². The predicted molar refractivity (Wildman–Crippen MR) is 119 cm³/mol. The largest absolute Gasteiger partial charge is 0.462 e. The first-order valence-electron chi connectivity index (χ1n) is 9.84. The maximum Gasteiger partial charge on any atom is 0.172 e. The Morgan fingerprint density at radius 1 is 0.467 bits per heavy atom. The Hall–Kier alpha value is -3.80. The van der Waals surface area contributed by atoms with E-state index in [1.807, 2.05) is 127 Å². The molecule has 0 bridgehead atoms.